The topological polar surface area (TPSA) is 95.9 Å². The molecule has 0 aliphatic rings. The highest BCUT2D eigenvalue weighted by atomic mass is 16.6. The molecule has 21 heavy (non-hydrogen) atoms. The van der Waals surface area contributed by atoms with Crippen molar-refractivity contribution in [2.45, 2.75) is 38.8 Å². The number of hydrogen-bond donors (Lipinski definition) is 3. The maximum absolute atomic E-state index is 11.6. The number of carbonyl (C=O) groups is 2. The molecule has 0 spiro atoms. The molecular weight excluding hydrogens is 273 g/mol. The minimum atomic E-state index is -1.53. The van der Waals surface area contributed by atoms with Crippen LogP contribution in [0.15, 0.2) is 24.3 Å². The Balaban J connectivity index is 2.61. The molecule has 0 fully saturated rings. The number of ether oxygens (including phenoxy) is 1. The van der Waals surface area contributed by atoms with Crippen LogP contribution < -0.4 is 10.8 Å². The molecule has 1 atom stereocenters. The molecule has 1 rings (SSSR count). The molecule has 6 nitrogen and oxygen atoms in total. The summed E-state index contributed by atoms with van der Waals surface area (Å²) in [5.74, 6) is 0. The van der Waals surface area contributed by atoms with Gasteiger partial charge in [-0.15, -0.1) is 0 Å². The summed E-state index contributed by atoms with van der Waals surface area (Å²) < 4.78 is 5.08. The number of benzene rings is 1. The lowest BCUT2D eigenvalue weighted by molar-refractivity contribution is -0.109. The van der Waals surface area contributed by atoms with Gasteiger partial charge in [-0.25, -0.2) is 4.79 Å². The molecule has 0 radical (unpaired) electrons. The summed E-state index contributed by atoms with van der Waals surface area (Å²) in [5, 5.41) is 20.5. The van der Waals surface area contributed by atoms with Crippen LogP contribution >= 0.6 is 0 Å². The van der Waals surface area contributed by atoms with Crippen LogP contribution in [0.4, 0.5) is 4.79 Å². The van der Waals surface area contributed by atoms with E-state index in [0.717, 1.165) is 5.56 Å². The van der Waals surface area contributed by atoms with Crippen molar-refractivity contribution in [2.75, 3.05) is 0 Å². The zero-order chi connectivity index (χ0) is 16.0. The summed E-state index contributed by atoms with van der Waals surface area (Å²) in [6, 6.07) is 5.74. The van der Waals surface area contributed by atoms with Gasteiger partial charge in [0.2, 0.25) is 0 Å². The Morgan fingerprint density at radius 2 is 1.90 bits per heavy atom. The molecule has 7 heteroatoms. The summed E-state index contributed by atoms with van der Waals surface area (Å²) in [4.78, 5) is 22.6. The number of nitrogens with one attached hydrogen (secondary N) is 1. The SMILES string of the molecule is CC(C)(C)OC(=O)N[C@H](C=O)Cc1ccc(B(O)O)cc1. The first-order valence-corrected chi connectivity index (χ1v) is 6.61. The lowest BCUT2D eigenvalue weighted by atomic mass is 9.80. The third-order valence-electron chi connectivity index (χ3n) is 2.60. The molecule has 0 heterocycles. The summed E-state index contributed by atoms with van der Waals surface area (Å²) in [6.45, 7) is 5.21. The Kier molecular flexibility index (Phi) is 5.93. The van der Waals surface area contributed by atoms with Crippen LogP contribution in [-0.4, -0.2) is 41.2 Å². The fraction of sp³-hybridized carbons (Fsp3) is 0.429. The number of amides is 1. The van der Waals surface area contributed by atoms with Gasteiger partial charge in [0.05, 0.1) is 6.04 Å². The molecule has 0 saturated heterocycles. The summed E-state index contributed by atoms with van der Waals surface area (Å²) in [6.07, 6.45) is 0.283. The highest BCUT2D eigenvalue weighted by molar-refractivity contribution is 6.58. The van der Waals surface area contributed by atoms with Crippen LogP contribution in [0.5, 0.6) is 0 Å². The minimum absolute atomic E-state index is 0.296. The number of aldehydes is 1. The Labute approximate surface area is 124 Å². The molecule has 0 bridgehead atoms. The Morgan fingerprint density at radius 3 is 2.33 bits per heavy atom. The summed E-state index contributed by atoms with van der Waals surface area (Å²) in [5.41, 5.74) is 0.519. The molecule has 0 unspecified atom stereocenters. The molecule has 0 aliphatic carbocycles. The molecule has 3 N–H and O–H groups in total. The second-order valence-corrected chi connectivity index (χ2v) is 5.71. The number of rotatable bonds is 5. The third-order valence-corrected chi connectivity index (χ3v) is 2.60. The third kappa shape index (κ3) is 6.42. The van der Waals surface area contributed by atoms with E-state index in [2.05, 4.69) is 5.32 Å². The van der Waals surface area contributed by atoms with Crippen molar-refractivity contribution in [1.29, 1.82) is 0 Å². The van der Waals surface area contributed by atoms with E-state index in [1.807, 2.05) is 0 Å². The standard InChI is InChI=1S/C14H20BNO5/c1-14(2,3)21-13(18)16-12(9-17)8-10-4-6-11(7-5-10)15(19)20/h4-7,9,12,19-20H,8H2,1-3H3,(H,16,18)/t12-/m0/s1. The zero-order valence-electron chi connectivity index (χ0n) is 12.4. The van der Waals surface area contributed by atoms with Crippen molar-refractivity contribution in [1.82, 2.24) is 5.32 Å². The minimum Gasteiger partial charge on any atom is -0.444 e. The normalized spacial score (nSPS) is 12.4. The van der Waals surface area contributed by atoms with Crippen LogP contribution in [0.1, 0.15) is 26.3 Å². The predicted molar refractivity (Wildman–Crippen MR) is 79.2 cm³/mol. The van der Waals surface area contributed by atoms with Crippen molar-refractivity contribution in [2.24, 2.45) is 0 Å². The molecular formula is C14H20BNO5. The van der Waals surface area contributed by atoms with Gasteiger partial charge in [0.1, 0.15) is 11.9 Å². The zero-order valence-corrected chi connectivity index (χ0v) is 12.4. The molecule has 0 saturated carbocycles. The Morgan fingerprint density at radius 1 is 1.33 bits per heavy atom. The molecule has 114 valence electrons. The van der Waals surface area contributed by atoms with E-state index >= 15 is 0 Å². The van der Waals surface area contributed by atoms with Crippen molar-refractivity contribution in [3.8, 4) is 0 Å². The van der Waals surface area contributed by atoms with Gasteiger partial charge in [0, 0.05) is 0 Å². The van der Waals surface area contributed by atoms with Crippen LogP contribution in [0, 0.1) is 0 Å². The van der Waals surface area contributed by atoms with Gasteiger partial charge in [-0.3, -0.25) is 0 Å². The Hall–Kier alpha value is -1.86. The van der Waals surface area contributed by atoms with E-state index in [0.29, 0.717) is 18.2 Å². The smallest absolute Gasteiger partial charge is 0.444 e. The van der Waals surface area contributed by atoms with Gasteiger partial charge in [-0.1, -0.05) is 24.3 Å². The lowest BCUT2D eigenvalue weighted by Crippen LogP contribution is -2.41. The predicted octanol–water partition coefficient (Wildman–Crippen LogP) is 0.00110. The van der Waals surface area contributed by atoms with E-state index in [1.165, 1.54) is 0 Å². The van der Waals surface area contributed by atoms with Crippen LogP contribution in [0.2, 0.25) is 0 Å². The number of alkyl carbamates (subject to hydrolysis) is 1. The highest BCUT2D eigenvalue weighted by Crippen LogP contribution is 2.07. The average molecular weight is 293 g/mol. The van der Waals surface area contributed by atoms with Gasteiger partial charge < -0.3 is 24.9 Å². The second kappa shape index (κ2) is 7.24. The maximum Gasteiger partial charge on any atom is 0.488 e. The van der Waals surface area contributed by atoms with Crippen molar-refractivity contribution in [3.63, 3.8) is 0 Å². The van der Waals surface area contributed by atoms with Gasteiger partial charge in [0.25, 0.3) is 0 Å². The van der Waals surface area contributed by atoms with Crippen molar-refractivity contribution in [3.05, 3.63) is 29.8 Å². The quantitative estimate of drug-likeness (QED) is 0.524. The van der Waals surface area contributed by atoms with E-state index in [-0.39, 0.29) is 0 Å². The first kappa shape index (κ1) is 17.2. The molecule has 1 aromatic rings. The Bertz CT molecular complexity index is 481. The van der Waals surface area contributed by atoms with Gasteiger partial charge in [0.15, 0.2) is 0 Å². The van der Waals surface area contributed by atoms with E-state index in [4.69, 9.17) is 14.8 Å². The first-order chi connectivity index (χ1) is 9.71. The second-order valence-electron chi connectivity index (χ2n) is 5.71. The van der Waals surface area contributed by atoms with Gasteiger partial charge >= 0.3 is 13.2 Å². The van der Waals surface area contributed by atoms with Gasteiger partial charge in [-0.2, -0.15) is 0 Å². The largest absolute Gasteiger partial charge is 0.488 e. The van der Waals surface area contributed by atoms with Crippen molar-refractivity contribution >= 4 is 25.0 Å². The highest BCUT2D eigenvalue weighted by Gasteiger charge is 2.19. The van der Waals surface area contributed by atoms with E-state index in [1.54, 1.807) is 45.0 Å². The average Bonchev–Trinajstić information content (AvgIpc) is 2.36. The number of carbonyl (C=O) groups excluding carboxylic acids is 2. The summed E-state index contributed by atoms with van der Waals surface area (Å²) >= 11 is 0. The fourth-order valence-electron chi connectivity index (χ4n) is 1.67. The lowest BCUT2D eigenvalue weighted by Gasteiger charge is -2.21. The van der Waals surface area contributed by atoms with Gasteiger partial charge in [-0.05, 0) is 38.2 Å². The number of hydrogen-bond acceptors (Lipinski definition) is 5. The molecule has 0 aliphatic heterocycles. The molecule has 1 aromatic carbocycles. The fourth-order valence-corrected chi connectivity index (χ4v) is 1.67. The van der Waals surface area contributed by atoms with E-state index < -0.39 is 24.9 Å². The molecule has 0 aromatic heterocycles. The maximum atomic E-state index is 11.6. The van der Waals surface area contributed by atoms with E-state index in [9.17, 15) is 9.59 Å². The van der Waals surface area contributed by atoms with Crippen LogP contribution in [0.3, 0.4) is 0 Å². The monoisotopic (exact) mass is 293 g/mol. The van der Waals surface area contributed by atoms with Crippen molar-refractivity contribution < 1.29 is 24.4 Å². The van der Waals surface area contributed by atoms with Crippen LogP contribution in [0.25, 0.3) is 0 Å². The first-order valence-electron chi connectivity index (χ1n) is 6.61. The van der Waals surface area contributed by atoms with Crippen LogP contribution in [-0.2, 0) is 16.0 Å². The molecule has 1 amide bonds. The summed E-state index contributed by atoms with van der Waals surface area (Å²) in [7, 11) is -1.53.